The Balaban J connectivity index is 1.75. The van der Waals surface area contributed by atoms with Crippen molar-refractivity contribution in [1.82, 2.24) is 9.88 Å². The number of hydrogen-bond acceptors (Lipinski definition) is 3. The first-order valence-corrected chi connectivity index (χ1v) is 7.96. The lowest BCUT2D eigenvalue weighted by atomic mass is 9.97. The SMILES string of the molecule is COCCN1CC(Cc2ccc3[nH]c(C)cc(=O)c3c2)CC1=O. The van der Waals surface area contributed by atoms with Crippen LogP contribution in [0.25, 0.3) is 10.9 Å². The fourth-order valence-electron chi connectivity index (χ4n) is 3.30. The molecular weight excluding hydrogens is 292 g/mol. The van der Waals surface area contributed by atoms with Gasteiger partial charge in [0.05, 0.1) is 6.61 Å². The van der Waals surface area contributed by atoms with Gasteiger partial charge in [-0.3, -0.25) is 9.59 Å². The number of hydrogen-bond donors (Lipinski definition) is 1. The van der Waals surface area contributed by atoms with Gasteiger partial charge in [0.25, 0.3) is 0 Å². The summed E-state index contributed by atoms with van der Waals surface area (Å²) < 4.78 is 5.04. The van der Waals surface area contributed by atoms with E-state index in [2.05, 4.69) is 4.98 Å². The van der Waals surface area contributed by atoms with Crippen LogP contribution < -0.4 is 5.43 Å². The number of pyridine rings is 1. The fourth-order valence-corrected chi connectivity index (χ4v) is 3.30. The van der Waals surface area contributed by atoms with Gasteiger partial charge in [0.15, 0.2) is 5.43 Å². The van der Waals surface area contributed by atoms with Gasteiger partial charge in [-0.05, 0) is 37.0 Å². The van der Waals surface area contributed by atoms with Crippen LogP contribution in [0.3, 0.4) is 0 Å². The van der Waals surface area contributed by atoms with Gasteiger partial charge in [-0.15, -0.1) is 0 Å². The molecule has 1 unspecified atom stereocenters. The average Bonchev–Trinajstić information content (AvgIpc) is 2.85. The van der Waals surface area contributed by atoms with E-state index in [0.29, 0.717) is 30.9 Å². The van der Waals surface area contributed by atoms with Crippen LogP contribution >= 0.6 is 0 Å². The monoisotopic (exact) mass is 314 g/mol. The second kappa shape index (κ2) is 6.54. The van der Waals surface area contributed by atoms with Crippen LogP contribution in [0.1, 0.15) is 17.7 Å². The number of nitrogens with zero attached hydrogens (tertiary/aromatic N) is 1. The van der Waals surface area contributed by atoms with Gasteiger partial charge >= 0.3 is 0 Å². The standard InChI is InChI=1S/C18H22N2O3/c1-12-7-17(21)15-9-13(3-4-16(15)19-12)8-14-10-18(22)20(11-14)5-6-23-2/h3-4,7,9,14H,5-6,8,10-11H2,1-2H3,(H,19,21). The maximum atomic E-state index is 12.1. The maximum absolute atomic E-state index is 12.1. The second-order valence-electron chi connectivity index (χ2n) is 6.30. The van der Waals surface area contributed by atoms with Crippen molar-refractivity contribution in [3.63, 3.8) is 0 Å². The molecule has 1 atom stereocenters. The lowest BCUT2D eigenvalue weighted by Gasteiger charge is -2.16. The third-order valence-corrected chi connectivity index (χ3v) is 4.41. The molecule has 0 radical (unpaired) electrons. The number of carbonyl (C=O) groups excluding carboxylic acids is 1. The van der Waals surface area contributed by atoms with Crippen molar-refractivity contribution in [2.45, 2.75) is 19.8 Å². The van der Waals surface area contributed by atoms with Gasteiger partial charge in [-0.2, -0.15) is 0 Å². The smallest absolute Gasteiger partial charge is 0.223 e. The molecule has 1 fully saturated rings. The number of benzene rings is 1. The van der Waals surface area contributed by atoms with Crippen molar-refractivity contribution >= 4 is 16.8 Å². The zero-order chi connectivity index (χ0) is 16.4. The van der Waals surface area contributed by atoms with E-state index in [0.717, 1.165) is 29.7 Å². The van der Waals surface area contributed by atoms with Gasteiger partial charge in [-0.25, -0.2) is 0 Å². The van der Waals surface area contributed by atoms with E-state index >= 15 is 0 Å². The van der Waals surface area contributed by atoms with Crippen LogP contribution in [-0.2, 0) is 16.0 Å². The number of likely N-dealkylation sites (tertiary alicyclic amines) is 1. The Labute approximate surface area is 135 Å². The summed E-state index contributed by atoms with van der Waals surface area (Å²) in [6, 6.07) is 7.58. The van der Waals surface area contributed by atoms with Crippen LogP contribution in [0.4, 0.5) is 0 Å². The van der Waals surface area contributed by atoms with Gasteiger partial charge in [0.1, 0.15) is 0 Å². The number of carbonyl (C=O) groups is 1. The molecule has 1 aromatic heterocycles. The van der Waals surface area contributed by atoms with E-state index in [4.69, 9.17) is 4.74 Å². The fraction of sp³-hybridized carbons (Fsp3) is 0.444. The molecule has 1 saturated heterocycles. The average molecular weight is 314 g/mol. The quantitative estimate of drug-likeness (QED) is 0.916. The molecule has 0 bridgehead atoms. The Hall–Kier alpha value is -2.14. The highest BCUT2D eigenvalue weighted by Crippen LogP contribution is 2.23. The third-order valence-electron chi connectivity index (χ3n) is 4.41. The van der Waals surface area contributed by atoms with Crippen molar-refractivity contribution in [2.75, 3.05) is 26.8 Å². The van der Waals surface area contributed by atoms with Crippen LogP contribution in [-0.4, -0.2) is 42.6 Å². The first-order chi connectivity index (χ1) is 11.1. The number of nitrogens with one attached hydrogen (secondary N) is 1. The normalized spacial score (nSPS) is 18.1. The van der Waals surface area contributed by atoms with Crippen molar-refractivity contribution < 1.29 is 9.53 Å². The second-order valence-corrected chi connectivity index (χ2v) is 6.30. The molecule has 1 aliphatic heterocycles. The van der Waals surface area contributed by atoms with Crippen molar-refractivity contribution in [1.29, 1.82) is 0 Å². The number of aromatic nitrogens is 1. The zero-order valence-electron chi connectivity index (χ0n) is 13.6. The number of aryl methyl sites for hydroxylation is 1. The molecule has 0 aliphatic carbocycles. The summed E-state index contributed by atoms with van der Waals surface area (Å²) in [5, 5.41) is 0.716. The molecule has 5 nitrogen and oxygen atoms in total. The largest absolute Gasteiger partial charge is 0.383 e. The molecule has 1 N–H and O–H groups in total. The number of amides is 1. The Morgan fingerprint density at radius 1 is 1.30 bits per heavy atom. The summed E-state index contributed by atoms with van der Waals surface area (Å²) in [5.41, 5.74) is 2.88. The molecule has 3 rings (SSSR count). The third kappa shape index (κ3) is 3.45. The molecule has 23 heavy (non-hydrogen) atoms. The molecule has 0 saturated carbocycles. The first kappa shape index (κ1) is 15.7. The van der Waals surface area contributed by atoms with E-state index in [1.165, 1.54) is 0 Å². The summed E-state index contributed by atoms with van der Waals surface area (Å²) in [7, 11) is 1.65. The summed E-state index contributed by atoms with van der Waals surface area (Å²) in [4.78, 5) is 29.2. The van der Waals surface area contributed by atoms with Crippen LogP contribution in [0.5, 0.6) is 0 Å². The van der Waals surface area contributed by atoms with Crippen molar-refractivity contribution in [3.05, 3.63) is 45.7 Å². The van der Waals surface area contributed by atoms with Crippen LogP contribution in [0.15, 0.2) is 29.1 Å². The molecule has 2 heterocycles. The number of aromatic amines is 1. The van der Waals surface area contributed by atoms with Gasteiger partial charge in [-0.1, -0.05) is 6.07 Å². The highest BCUT2D eigenvalue weighted by Gasteiger charge is 2.29. The summed E-state index contributed by atoms with van der Waals surface area (Å²) >= 11 is 0. The Kier molecular flexibility index (Phi) is 4.48. The van der Waals surface area contributed by atoms with Gasteiger partial charge in [0.2, 0.25) is 5.91 Å². The molecule has 5 heteroatoms. The van der Waals surface area contributed by atoms with Crippen LogP contribution in [0, 0.1) is 12.8 Å². The van der Waals surface area contributed by atoms with Gasteiger partial charge in [0, 0.05) is 49.3 Å². The highest BCUT2D eigenvalue weighted by atomic mass is 16.5. The molecule has 2 aromatic rings. The Bertz CT molecular complexity index is 781. The van der Waals surface area contributed by atoms with E-state index in [9.17, 15) is 9.59 Å². The van der Waals surface area contributed by atoms with Crippen molar-refractivity contribution in [2.24, 2.45) is 5.92 Å². The topological polar surface area (TPSA) is 62.4 Å². The Morgan fingerprint density at radius 2 is 2.13 bits per heavy atom. The van der Waals surface area contributed by atoms with Gasteiger partial charge < -0.3 is 14.6 Å². The summed E-state index contributed by atoms with van der Waals surface area (Å²) in [5.74, 6) is 0.502. The van der Waals surface area contributed by atoms with Crippen molar-refractivity contribution in [3.8, 4) is 0 Å². The minimum Gasteiger partial charge on any atom is -0.383 e. The Morgan fingerprint density at radius 3 is 2.91 bits per heavy atom. The predicted molar refractivity (Wildman–Crippen MR) is 89.6 cm³/mol. The number of H-pyrrole nitrogens is 1. The van der Waals surface area contributed by atoms with E-state index in [1.54, 1.807) is 13.2 Å². The maximum Gasteiger partial charge on any atom is 0.223 e. The van der Waals surface area contributed by atoms with Crippen LogP contribution in [0.2, 0.25) is 0 Å². The lowest BCUT2D eigenvalue weighted by molar-refractivity contribution is -0.128. The highest BCUT2D eigenvalue weighted by molar-refractivity contribution is 5.80. The lowest BCUT2D eigenvalue weighted by Crippen LogP contribution is -2.28. The zero-order valence-corrected chi connectivity index (χ0v) is 13.6. The number of rotatable bonds is 5. The molecular formula is C18H22N2O3. The minimum absolute atomic E-state index is 0.0438. The minimum atomic E-state index is 0.0438. The van der Waals surface area contributed by atoms with E-state index in [1.807, 2.05) is 30.0 Å². The number of fused-ring (bicyclic) bond motifs is 1. The number of methoxy groups -OCH3 is 1. The molecule has 1 aliphatic rings. The van der Waals surface area contributed by atoms with E-state index < -0.39 is 0 Å². The molecule has 1 aromatic carbocycles. The predicted octanol–water partition coefficient (Wildman–Crippen LogP) is 1.87. The van der Waals surface area contributed by atoms with E-state index in [-0.39, 0.29) is 11.3 Å². The molecule has 122 valence electrons. The summed E-state index contributed by atoms with van der Waals surface area (Å²) in [6.45, 7) is 3.88. The molecule has 0 spiro atoms. The molecule has 1 amide bonds. The number of ether oxygens (including phenoxy) is 1. The summed E-state index contributed by atoms with van der Waals surface area (Å²) in [6.07, 6.45) is 1.39. The first-order valence-electron chi connectivity index (χ1n) is 7.96.